The van der Waals surface area contributed by atoms with E-state index in [-0.39, 0.29) is 13.2 Å². The smallest absolute Gasteiger partial charge is 0.335 e. The van der Waals surface area contributed by atoms with Gasteiger partial charge in [-0.3, -0.25) is 4.79 Å². The van der Waals surface area contributed by atoms with Gasteiger partial charge in [0.15, 0.2) is 12.2 Å². The second-order valence-corrected chi connectivity index (χ2v) is 5.29. The molecule has 0 radical (unpaired) electrons. The minimum absolute atomic E-state index is 0.129. The van der Waals surface area contributed by atoms with E-state index in [1.807, 2.05) is 12.1 Å². The van der Waals surface area contributed by atoms with Crippen LogP contribution in [0.25, 0.3) is 10.9 Å². The standard InChI is InChI=1S/C16H16N2O6/c1-23-12-5-3-9-2-4-10(8-11(9)17-12)18-6-7-24-14(15(18)20)13(19)16(21)22/h2-5,8,13-14,19H,6-7H2,1H3,(H,21,22)/t13-,14-/m1/s1. The molecule has 3 rings (SSSR count). The number of carbonyl (C=O) groups excluding carboxylic acids is 1. The third-order valence-electron chi connectivity index (χ3n) is 3.83. The molecule has 2 aromatic rings. The number of aromatic nitrogens is 1. The van der Waals surface area contributed by atoms with Gasteiger partial charge in [0.2, 0.25) is 5.88 Å². The van der Waals surface area contributed by atoms with Gasteiger partial charge in [-0.2, -0.15) is 0 Å². The van der Waals surface area contributed by atoms with Crippen molar-refractivity contribution in [3.8, 4) is 5.88 Å². The van der Waals surface area contributed by atoms with Gasteiger partial charge in [-0.15, -0.1) is 0 Å². The molecule has 1 saturated heterocycles. The predicted octanol–water partition coefficient (Wildman–Crippen LogP) is 0.421. The van der Waals surface area contributed by atoms with Gasteiger partial charge in [-0.25, -0.2) is 9.78 Å². The SMILES string of the molecule is COc1ccc2ccc(N3CCO[C@H]([C@@H](O)C(=O)O)C3=O)cc2n1. The Balaban J connectivity index is 1.93. The summed E-state index contributed by atoms with van der Waals surface area (Å²) in [4.78, 5) is 29.1. The molecule has 0 spiro atoms. The van der Waals surface area contributed by atoms with Crippen molar-refractivity contribution in [1.29, 1.82) is 0 Å². The Labute approximate surface area is 137 Å². The molecular formula is C16H16N2O6. The van der Waals surface area contributed by atoms with Crippen molar-refractivity contribution in [2.24, 2.45) is 0 Å². The molecule has 0 saturated carbocycles. The lowest BCUT2D eigenvalue weighted by atomic mass is 10.1. The van der Waals surface area contributed by atoms with Crippen molar-refractivity contribution in [2.75, 3.05) is 25.2 Å². The van der Waals surface area contributed by atoms with Gasteiger partial charge in [0.25, 0.3) is 5.91 Å². The van der Waals surface area contributed by atoms with Crippen molar-refractivity contribution in [3.05, 3.63) is 30.3 Å². The molecule has 1 aliphatic rings. The average Bonchev–Trinajstić information content (AvgIpc) is 2.60. The van der Waals surface area contributed by atoms with E-state index in [2.05, 4.69) is 4.98 Å². The number of morpholine rings is 1. The number of carboxylic acid groups (broad SMARTS) is 1. The Kier molecular flexibility index (Phi) is 4.32. The van der Waals surface area contributed by atoms with Crippen LogP contribution in [0.4, 0.5) is 5.69 Å². The quantitative estimate of drug-likeness (QED) is 0.835. The zero-order valence-corrected chi connectivity index (χ0v) is 12.9. The molecule has 8 nitrogen and oxygen atoms in total. The Morgan fingerprint density at radius 2 is 2.17 bits per heavy atom. The summed E-state index contributed by atoms with van der Waals surface area (Å²) in [6.07, 6.45) is -3.33. The molecule has 0 unspecified atom stereocenters. The highest BCUT2D eigenvalue weighted by Crippen LogP contribution is 2.25. The van der Waals surface area contributed by atoms with E-state index in [1.54, 1.807) is 18.2 Å². The molecule has 2 heterocycles. The average molecular weight is 332 g/mol. The molecule has 24 heavy (non-hydrogen) atoms. The molecule has 1 aromatic carbocycles. The van der Waals surface area contributed by atoms with E-state index in [0.29, 0.717) is 17.1 Å². The summed E-state index contributed by atoms with van der Waals surface area (Å²) >= 11 is 0. The summed E-state index contributed by atoms with van der Waals surface area (Å²) in [6, 6.07) is 8.85. The van der Waals surface area contributed by atoms with Crippen molar-refractivity contribution in [3.63, 3.8) is 0 Å². The molecule has 0 aliphatic carbocycles. The second kappa shape index (κ2) is 6.42. The monoisotopic (exact) mass is 332 g/mol. The fourth-order valence-corrected chi connectivity index (χ4v) is 2.59. The fourth-order valence-electron chi connectivity index (χ4n) is 2.59. The lowest BCUT2D eigenvalue weighted by Gasteiger charge is -2.33. The number of anilines is 1. The number of pyridine rings is 1. The van der Waals surface area contributed by atoms with Crippen LogP contribution >= 0.6 is 0 Å². The maximum Gasteiger partial charge on any atom is 0.335 e. The molecule has 126 valence electrons. The second-order valence-electron chi connectivity index (χ2n) is 5.29. The number of ether oxygens (including phenoxy) is 2. The topological polar surface area (TPSA) is 109 Å². The molecule has 1 amide bonds. The van der Waals surface area contributed by atoms with Crippen LogP contribution < -0.4 is 9.64 Å². The normalized spacial score (nSPS) is 19.3. The first kappa shape index (κ1) is 16.2. The number of nitrogens with zero attached hydrogens (tertiary/aromatic N) is 2. The van der Waals surface area contributed by atoms with Gasteiger partial charge in [-0.1, -0.05) is 6.07 Å². The first-order valence-electron chi connectivity index (χ1n) is 7.30. The highest BCUT2D eigenvalue weighted by molar-refractivity contribution is 6.01. The number of fused-ring (bicyclic) bond motifs is 1. The molecule has 2 atom stereocenters. The fraction of sp³-hybridized carbons (Fsp3) is 0.312. The van der Waals surface area contributed by atoms with Gasteiger partial charge < -0.3 is 24.6 Å². The first-order valence-corrected chi connectivity index (χ1v) is 7.30. The maximum absolute atomic E-state index is 12.5. The number of methoxy groups -OCH3 is 1. The summed E-state index contributed by atoms with van der Waals surface area (Å²) < 4.78 is 10.2. The molecule has 1 aromatic heterocycles. The van der Waals surface area contributed by atoms with Gasteiger partial charge in [0, 0.05) is 23.7 Å². The van der Waals surface area contributed by atoms with Crippen LogP contribution in [0.2, 0.25) is 0 Å². The van der Waals surface area contributed by atoms with Crippen LogP contribution in [-0.2, 0) is 14.3 Å². The van der Waals surface area contributed by atoms with Crippen molar-refractivity contribution in [2.45, 2.75) is 12.2 Å². The third-order valence-corrected chi connectivity index (χ3v) is 3.83. The molecule has 0 bridgehead atoms. The van der Waals surface area contributed by atoms with E-state index in [0.717, 1.165) is 5.39 Å². The van der Waals surface area contributed by atoms with Gasteiger partial charge in [-0.05, 0) is 18.2 Å². The number of aliphatic carboxylic acids is 1. The van der Waals surface area contributed by atoms with Crippen LogP contribution in [0.3, 0.4) is 0 Å². The first-order chi connectivity index (χ1) is 11.5. The van der Waals surface area contributed by atoms with Gasteiger partial charge in [0.05, 0.1) is 19.2 Å². The summed E-state index contributed by atoms with van der Waals surface area (Å²) in [6.45, 7) is 0.390. The number of hydrogen-bond acceptors (Lipinski definition) is 6. The van der Waals surface area contributed by atoms with E-state index in [1.165, 1.54) is 12.0 Å². The van der Waals surface area contributed by atoms with Crippen LogP contribution in [0.5, 0.6) is 5.88 Å². The number of amides is 1. The maximum atomic E-state index is 12.5. The van der Waals surface area contributed by atoms with Crippen LogP contribution in [0.15, 0.2) is 30.3 Å². The molecular weight excluding hydrogens is 316 g/mol. The summed E-state index contributed by atoms with van der Waals surface area (Å²) in [5.41, 5.74) is 1.20. The van der Waals surface area contributed by atoms with Crippen molar-refractivity contribution in [1.82, 2.24) is 4.98 Å². The summed E-state index contributed by atoms with van der Waals surface area (Å²) in [5, 5.41) is 19.4. The molecule has 2 N–H and O–H groups in total. The van der Waals surface area contributed by atoms with Crippen molar-refractivity contribution < 1.29 is 29.3 Å². The zero-order valence-electron chi connectivity index (χ0n) is 12.9. The Morgan fingerprint density at radius 3 is 2.88 bits per heavy atom. The molecule has 1 fully saturated rings. The zero-order chi connectivity index (χ0) is 17.3. The predicted molar refractivity (Wildman–Crippen MR) is 84.0 cm³/mol. The largest absolute Gasteiger partial charge is 0.481 e. The Hall–Kier alpha value is -2.71. The number of aliphatic hydroxyl groups excluding tert-OH is 1. The summed E-state index contributed by atoms with van der Waals surface area (Å²) in [7, 11) is 1.52. The number of aliphatic hydroxyl groups is 1. The highest BCUT2D eigenvalue weighted by Gasteiger charge is 2.39. The minimum atomic E-state index is -1.90. The number of hydrogen-bond donors (Lipinski definition) is 2. The molecule has 1 aliphatic heterocycles. The summed E-state index contributed by atoms with van der Waals surface area (Å²) in [5.74, 6) is -1.65. The number of rotatable bonds is 4. The van der Waals surface area contributed by atoms with Gasteiger partial charge in [0.1, 0.15) is 0 Å². The van der Waals surface area contributed by atoms with Crippen LogP contribution in [-0.4, -0.2) is 59.5 Å². The van der Waals surface area contributed by atoms with E-state index >= 15 is 0 Å². The van der Waals surface area contributed by atoms with E-state index in [4.69, 9.17) is 14.6 Å². The van der Waals surface area contributed by atoms with Crippen LogP contribution in [0.1, 0.15) is 0 Å². The number of carbonyl (C=O) groups is 2. The van der Waals surface area contributed by atoms with Gasteiger partial charge >= 0.3 is 5.97 Å². The number of benzene rings is 1. The third kappa shape index (κ3) is 2.89. The molecule has 8 heteroatoms. The lowest BCUT2D eigenvalue weighted by molar-refractivity contribution is -0.163. The highest BCUT2D eigenvalue weighted by atomic mass is 16.5. The van der Waals surface area contributed by atoms with Crippen molar-refractivity contribution >= 4 is 28.5 Å². The lowest BCUT2D eigenvalue weighted by Crippen LogP contribution is -2.54. The van der Waals surface area contributed by atoms with E-state index in [9.17, 15) is 14.7 Å². The van der Waals surface area contributed by atoms with E-state index < -0.39 is 24.1 Å². The number of carboxylic acids is 1. The Morgan fingerprint density at radius 1 is 1.42 bits per heavy atom. The Bertz CT molecular complexity index is 793. The van der Waals surface area contributed by atoms with Crippen LogP contribution in [0, 0.1) is 0 Å². The minimum Gasteiger partial charge on any atom is -0.481 e.